The lowest BCUT2D eigenvalue weighted by molar-refractivity contribution is -0.224. The molecule has 0 bridgehead atoms. The first kappa shape index (κ1) is 25.3. The first-order valence-corrected chi connectivity index (χ1v) is 13.2. The van der Waals surface area contributed by atoms with E-state index in [1.165, 1.54) is 6.08 Å². The maximum atomic E-state index is 12.3. The van der Waals surface area contributed by atoms with Crippen LogP contribution in [0.1, 0.15) is 33.3 Å². The molecular weight excluding hydrogens is 418 g/mol. The molecule has 1 amide bonds. The molecule has 0 saturated carbocycles. The Morgan fingerprint density at radius 2 is 1.77 bits per heavy atom. The van der Waals surface area contributed by atoms with Crippen LogP contribution in [0.15, 0.2) is 24.3 Å². The van der Waals surface area contributed by atoms with E-state index >= 15 is 0 Å². The van der Waals surface area contributed by atoms with Crippen molar-refractivity contribution in [3.63, 3.8) is 0 Å². The number of aliphatic hydroxyl groups excluding tert-OH is 3. The fourth-order valence-electron chi connectivity index (χ4n) is 2.83. The van der Waals surface area contributed by atoms with Gasteiger partial charge in [0.05, 0.1) is 13.2 Å². The fourth-order valence-corrected chi connectivity index (χ4v) is 3.86. The second kappa shape index (κ2) is 9.70. The van der Waals surface area contributed by atoms with Crippen LogP contribution in [-0.4, -0.2) is 67.3 Å². The van der Waals surface area contributed by atoms with Gasteiger partial charge >= 0.3 is 0 Å². The molecule has 2 rings (SSSR count). The van der Waals surface area contributed by atoms with E-state index in [1.807, 2.05) is 12.1 Å². The van der Waals surface area contributed by atoms with Crippen molar-refractivity contribution >= 4 is 20.3 Å². The molecule has 1 aromatic rings. The Balaban J connectivity index is 2.08. The van der Waals surface area contributed by atoms with E-state index in [2.05, 4.69) is 39.2 Å². The van der Waals surface area contributed by atoms with Crippen LogP contribution in [0.25, 0.3) is 6.08 Å². The van der Waals surface area contributed by atoms with Gasteiger partial charge in [0.25, 0.3) is 8.32 Å². The summed E-state index contributed by atoms with van der Waals surface area (Å²) in [5.74, 6) is 0.723. The summed E-state index contributed by atoms with van der Waals surface area (Å²) < 4.78 is 17.2. The molecule has 8 nitrogen and oxygen atoms in total. The lowest BCUT2D eigenvalue weighted by Crippen LogP contribution is -2.61. The number of amides is 1. The van der Waals surface area contributed by atoms with Crippen LogP contribution in [0.2, 0.25) is 18.1 Å². The van der Waals surface area contributed by atoms with Crippen LogP contribution in [0.3, 0.4) is 0 Å². The lowest BCUT2D eigenvalue weighted by Gasteiger charge is -2.39. The number of hydrogen-bond acceptors (Lipinski definition) is 7. The molecule has 0 aliphatic carbocycles. The number of hydrogen-bond donors (Lipinski definition) is 4. The van der Waals surface area contributed by atoms with E-state index in [-0.39, 0.29) is 5.04 Å². The standard InChI is InChI=1S/C22H35NO7Si/c1-13-18(25)19(26)20(27)21(29-13)23-17(24)11-9-14-8-10-15(16(12-14)28-5)30-31(6,7)22(2,3)4/h8-13,18-21,25-27H,1-7H3,(H,23,24)/b11-9+/t13?,18-,19?,20?,21-/m0/s1. The second-order valence-corrected chi connectivity index (χ2v) is 14.1. The molecule has 0 radical (unpaired) electrons. The van der Waals surface area contributed by atoms with Crippen molar-refractivity contribution in [2.45, 2.75) is 76.5 Å². The third-order valence-corrected chi connectivity index (χ3v) is 10.3. The SMILES string of the molecule is COc1cc(/C=C/C(=O)N[C@H]2OC(C)[C@H](O)C(O)C2O)ccc1O[Si](C)(C)C(C)(C)C. The minimum Gasteiger partial charge on any atom is -0.541 e. The average Bonchev–Trinajstić information content (AvgIpc) is 2.68. The van der Waals surface area contributed by atoms with Crippen LogP contribution < -0.4 is 14.5 Å². The zero-order chi connectivity index (χ0) is 23.6. The molecule has 1 aliphatic rings. The van der Waals surface area contributed by atoms with Crippen LogP contribution in [-0.2, 0) is 9.53 Å². The Labute approximate surface area is 185 Å². The largest absolute Gasteiger partial charge is 0.541 e. The van der Waals surface area contributed by atoms with Crippen LogP contribution in [0.4, 0.5) is 0 Å². The molecule has 3 unspecified atom stereocenters. The molecule has 1 heterocycles. The van der Waals surface area contributed by atoms with Gasteiger partial charge in [-0.25, -0.2) is 0 Å². The van der Waals surface area contributed by atoms with E-state index < -0.39 is 44.9 Å². The van der Waals surface area contributed by atoms with Gasteiger partial charge < -0.3 is 34.5 Å². The predicted molar refractivity (Wildman–Crippen MR) is 120 cm³/mol. The topological polar surface area (TPSA) is 117 Å². The van der Waals surface area contributed by atoms with Crippen LogP contribution >= 0.6 is 0 Å². The first-order chi connectivity index (χ1) is 14.3. The van der Waals surface area contributed by atoms with Crippen molar-refractivity contribution < 1.29 is 34.0 Å². The zero-order valence-corrected chi connectivity index (χ0v) is 20.2. The summed E-state index contributed by atoms with van der Waals surface area (Å²) in [6, 6.07) is 5.42. The van der Waals surface area contributed by atoms with Gasteiger partial charge in [0.15, 0.2) is 12.0 Å². The van der Waals surface area contributed by atoms with Crippen molar-refractivity contribution in [1.29, 1.82) is 0 Å². The van der Waals surface area contributed by atoms with Gasteiger partial charge in [0, 0.05) is 6.08 Å². The van der Waals surface area contributed by atoms with E-state index in [4.69, 9.17) is 13.9 Å². The third kappa shape index (κ3) is 6.08. The van der Waals surface area contributed by atoms with Crippen molar-refractivity contribution in [3.05, 3.63) is 29.8 Å². The number of benzene rings is 1. The van der Waals surface area contributed by atoms with E-state index in [0.29, 0.717) is 11.5 Å². The molecule has 1 aliphatic heterocycles. The third-order valence-electron chi connectivity index (χ3n) is 5.92. The summed E-state index contributed by atoms with van der Waals surface area (Å²) >= 11 is 0. The number of nitrogens with one attached hydrogen (secondary N) is 1. The van der Waals surface area contributed by atoms with E-state index in [1.54, 1.807) is 26.2 Å². The molecule has 1 aromatic carbocycles. The maximum absolute atomic E-state index is 12.3. The smallest absolute Gasteiger partial charge is 0.250 e. The number of rotatable bonds is 6. The molecular formula is C22H35NO7Si. The van der Waals surface area contributed by atoms with Crippen molar-refractivity contribution in [2.24, 2.45) is 0 Å². The minimum absolute atomic E-state index is 0.0432. The van der Waals surface area contributed by atoms with Gasteiger partial charge in [0.2, 0.25) is 5.91 Å². The summed E-state index contributed by atoms with van der Waals surface area (Å²) in [6.07, 6.45) is -3.03. The number of carbonyl (C=O) groups is 1. The Bertz CT molecular complexity index is 806. The molecule has 1 fully saturated rings. The van der Waals surface area contributed by atoms with Crippen LogP contribution in [0, 0.1) is 0 Å². The molecule has 174 valence electrons. The number of carbonyl (C=O) groups excluding carboxylic acids is 1. The zero-order valence-electron chi connectivity index (χ0n) is 19.2. The summed E-state index contributed by atoms with van der Waals surface area (Å²) in [5.41, 5.74) is 0.725. The molecule has 31 heavy (non-hydrogen) atoms. The van der Waals surface area contributed by atoms with Gasteiger partial charge in [-0.05, 0) is 48.8 Å². The highest BCUT2D eigenvalue weighted by Gasteiger charge is 2.42. The quantitative estimate of drug-likeness (QED) is 0.385. The number of ether oxygens (including phenoxy) is 2. The first-order valence-electron chi connectivity index (χ1n) is 10.3. The minimum atomic E-state index is -2.03. The Kier molecular flexibility index (Phi) is 7.93. The van der Waals surface area contributed by atoms with Crippen LogP contribution in [0.5, 0.6) is 11.5 Å². The highest BCUT2D eigenvalue weighted by atomic mass is 28.4. The Morgan fingerprint density at radius 3 is 2.35 bits per heavy atom. The van der Waals surface area contributed by atoms with Gasteiger partial charge in [-0.15, -0.1) is 0 Å². The number of aliphatic hydroxyl groups is 3. The normalized spacial score (nSPS) is 27.2. The van der Waals surface area contributed by atoms with E-state index in [9.17, 15) is 20.1 Å². The lowest BCUT2D eigenvalue weighted by atomic mass is 9.99. The summed E-state index contributed by atoms with van der Waals surface area (Å²) in [6.45, 7) is 12.3. The number of methoxy groups -OCH3 is 1. The predicted octanol–water partition coefficient (Wildman–Crippen LogP) is 2.04. The highest BCUT2D eigenvalue weighted by Crippen LogP contribution is 2.40. The Hall–Kier alpha value is -1.91. The van der Waals surface area contributed by atoms with Gasteiger partial charge in [-0.1, -0.05) is 26.8 Å². The molecule has 4 N–H and O–H groups in total. The summed E-state index contributed by atoms with van der Waals surface area (Å²) in [7, 11) is -0.467. The molecule has 0 spiro atoms. The molecule has 0 aromatic heterocycles. The van der Waals surface area contributed by atoms with Crippen molar-refractivity contribution in [1.82, 2.24) is 5.32 Å². The molecule has 1 saturated heterocycles. The highest BCUT2D eigenvalue weighted by molar-refractivity contribution is 6.74. The second-order valence-electron chi connectivity index (χ2n) is 9.35. The molecule has 9 heteroatoms. The monoisotopic (exact) mass is 453 g/mol. The van der Waals surface area contributed by atoms with Crippen molar-refractivity contribution in [3.8, 4) is 11.5 Å². The van der Waals surface area contributed by atoms with Gasteiger partial charge in [-0.3, -0.25) is 4.79 Å². The maximum Gasteiger partial charge on any atom is 0.250 e. The van der Waals surface area contributed by atoms with E-state index in [0.717, 1.165) is 5.56 Å². The summed E-state index contributed by atoms with van der Waals surface area (Å²) in [4.78, 5) is 12.3. The van der Waals surface area contributed by atoms with Crippen molar-refractivity contribution in [2.75, 3.05) is 7.11 Å². The fraction of sp³-hybridized carbons (Fsp3) is 0.591. The molecule has 5 atom stereocenters. The average molecular weight is 454 g/mol. The van der Waals surface area contributed by atoms with Gasteiger partial charge in [-0.2, -0.15) is 0 Å². The Morgan fingerprint density at radius 1 is 1.13 bits per heavy atom. The van der Waals surface area contributed by atoms with Gasteiger partial charge in [0.1, 0.15) is 24.1 Å². The summed E-state index contributed by atoms with van der Waals surface area (Å²) in [5, 5.41) is 32.1.